The molecule has 0 radical (unpaired) electrons. The van der Waals surface area contributed by atoms with Crippen LogP contribution < -0.4 is 0 Å². The summed E-state index contributed by atoms with van der Waals surface area (Å²) in [6.07, 6.45) is 0. The molecule has 2 aromatic carbocycles. The summed E-state index contributed by atoms with van der Waals surface area (Å²) in [6.45, 7) is -1.71. The Morgan fingerprint density at radius 1 is 0.879 bits per heavy atom. The maximum Gasteiger partial charge on any atom is 0.323 e. The van der Waals surface area contributed by atoms with Crippen LogP contribution in [0.5, 0.6) is 5.75 Å². The number of carboxylic acids is 2. The molecule has 33 heavy (non-hydrogen) atoms. The molecule has 1 amide bonds. The summed E-state index contributed by atoms with van der Waals surface area (Å²) in [5.74, 6) is -6.73. The number of ketones is 2. The van der Waals surface area contributed by atoms with Crippen LogP contribution in [-0.2, 0) is 9.59 Å². The fourth-order valence-electron chi connectivity index (χ4n) is 3.82. The molecule has 3 N–H and O–H groups in total. The molecule has 0 spiro atoms. The molecule has 1 aliphatic rings. The third-order valence-electron chi connectivity index (χ3n) is 5.27. The number of fused-ring (bicyclic) bond motifs is 2. The second kappa shape index (κ2) is 8.15. The fraction of sp³-hybridized carbons (Fsp3) is 0.130. The Hall–Kier alpha value is -4.60. The van der Waals surface area contributed by atoms with Crippen LogP contribution in [-0.4, -0.2) is 67.7 Å². The third kappa shape index (κ3) is 3.89. The molecule has 1 heterocycles. The molecule has 10 heteroatoms. The smallest absolute Gasteiger partial charge is 0.323 e. The molecule has 4 rings (SSSR count). The van der Waals surface area contributed by atoms with Crippen molar-refractivity contribution in [1.82, 2.24) is 9.88 Å². The Kier molecular flexibility index (Phi) is 5.34. The number of benzene rings is 2. The topological polar surface area (TPSA) is 162 Å². The van der Waals surface area contributed by atoms with E-state index >= 15 is 0 Å². The fourth-order valence-corrected chi connectivity index (χ4v) is 3.82. The van der Waals surface area contributed by atoms with Gasteiger partial charge >= 0.3 is 11.9 Å². The highest BCUT2D eigenvalue weighted by atomic mass is 16.4. The number of hydrogen-bond donors (Lipinski definition) is 3. The number of aliphatic carboxylic acids is 2. The Balaban J connectivity index is 1.71. The van der Waals surface area contributed by atoms with Crippen LogP contribution in [0, 0.1) is 0 Å². The SMILES string of the molecule is O=C(O)CN(CC(=O)O)C(=O)c1ccc2c(c1)C(=O)C(c1nc3ccccc3cc1O)C2=O. The van der Waals surface area contributed by atoms with Gasteiger partial charge in [-0.05, 0) is 30.3 Å². The summed E-state index contributed by atoms with van der Waals surface area (Å²) < 4.78 is 0. The minimum Gasteiger partial charge on any atom is -0.506 e. The number of pyridine rings is 1. The average molecular weight is 448 g/mol. The van der Waals surface area contributed by atoms with E-state index in [1.165, 1.54) is 18.2 Å². The number of rotatable bonds is 6. The van der Waals surface area contributed by atoms with Gasteiger partial charge in [0.05, 0.1) is 5.52 Å². The summed E-state index contributed by atoms with van der Waals surface area (Å²) in [7, 11) is 0. The number of aromatic hydroxyl groups is 1. The molecule has 10 nitrogen and oxygen atoms in total. The van der Waals surface area contributed by atoms with Crippen LogP contribution in [0.2, 0.25) is 0 Å². The second-order valence-electron chi connectivity index (χ2n) is 7.46. The first-order chi connectivity index (χ1) is 15.7. The number of nitrogens with zero attached hydrogens (tertiary/aromatic N) is 2. The third-order valence-corrected chi connectivity index (χ3v) is 5.27. The summed E-state index contributed by atoms with van der Waals surface area (Å²) in [6, 6.07) is 11.9. The second-order valence-corrected chi connectivity index (χ2v) is 7.46. The van der Waals surface area contributed by atoms with Gasteiger partial charge in [0.15, 0.2) is 11.6 Å². The van der Waals surface area contributed by atoms with Gasteiger partial charge < -0.3 is 20.2 Å². The molecule has 1 aliphatic carbocycles. The summed E-state index contributed by atoms with van der Waals surface area (Å²) in [4.78, 5) is 65.7. The lowest BCUT2D eigenvalue weighted by Gasteiger charge is -2.18. The van der Waals surface area contributed by atoms with Crippen molar-refractivity contribution in [3.05, 3.63) is 70.9 Å². The first-order valence-corrected chi connectivity index (χ1v) is 9.71. The van der Waals surface area contributed by atoms with Crippen LogP contribution in [0.15, 0.2) is 48.5 Å². The van der Waals surface area contributed by atoms with Crippen molar-refractivity contribution in [3.8, 4) is 5.75 Å². The largest absolute Gasteiger partial charge is 0.506 e. The van der Waals surface area contributed by atoms with E-state index in [0.717, 1.165) is 6.07 Å². The summed E-state index contributed by atoms with van der Waals surface area (Å²) >= 11 is 0. The Morgan fingerprint density at radius 3 is 2.18 bits per heavy atom. The standard InChI is InChI=1S/C23H16N2O8/c26-16-8-11-3-1-2-4-15(11)24-20(16)19-21(31)13-6-5-12(7-14(13)22(19)32)23(33)25(9-17(27)28)10-18(29)30/h1-8,19,26H,9-10H2,(H,27,28)(H,29,30). The van der Waals surface area contributed by atoms with Crippen LogP contribution in [0.3, 0.4) is 0 Å². The molecule has 0 fully saturated rings. The first kappa shape index (κ1) is 21.6. The Labute approximate surface area is 185 Å². The highest BCUT2D eigenvalue weighted by Gasteiger charge is 2.42. The van der Waals surface area contributed by atoms with Gasteiger partial charge in [0.1, 0.15) is 30.5 Å². The lowest BCUT2D eigenvalue weighted by atomic mass is 9.97. The molecule has 166 valence electrons. The van der Waals surface area contributed by atoms with E-state index in [-0.39, 0.29) is 28.1 Å². The number of carbonyl (C=O) groups excluding carboxylic acids is 3. The lowest BCUT2D eigenvalue weighted by Crippen LogP contribution is -2.39. The quantitative estimate of drug-likeness (QED) is 0.477. The van der Waals surface area contributed by atoms with Crippen molar-refractivity contribution >= 4 is 40.3 Å². The Bertz CT molecular complexity index is 1350. The zero-order chi connectivity index (χ0) is 23.9. The number of carbonyl (C=O) groups is 5. The minimum atomic E-state index is -1.41. The first-order valence-electron chi connectivity index (χ1n) is 9.71. The van der Waals surface area contributed by atoms with Crippen LogP contribution in [0.25, 0.3) is 10.9 Å². The van der Waals surface area contributed by atoms with Gasteiger partial charge in [-0.2, -0.15) is 0 Å². The molecule has 0 aliphatic heterocycles. The number of amides is 1. The summed E-state index contributed by atoms with van der Waals surface area (Å²) in [5, 5.41) is 29.0. The van der Waals surface area contributed by atoms with Gasteiger partial charge in [-0.15, -0.1) is 0 Å². The van der Waals surface area contributed by atoms with Crippen molar-refractivity contribution in [1.29, 1.82) is 0 Å². The van der Waals surface area contributed by atoms with E-state index < -0.39 is 48.4 Å². The lowest BCUT2D eigenvalue weighted by molar-refractivity contribution is -0.140. The zero-order valence-electron chi connectivity index (χ0n) is 16.9. The van der Waals surface area contributed by atoms with Crippen LogP contribution >= 0.6 is 0 Å². The number of hydrogen-bond acceptors (Lipinski definition) is 7. The van der Waals surface area contributed by atoms with E-state index in [1.54, 1.807) is 24.3 Å². The normalized spacial score (nSPS) is 14.8. The monoisotopic (exact) mass is 448 g/mol. The van der Waals surface area contributed by atoms with Crippen LogP contribution in [0.1, 0.15) is 42.7 Å². The predicted molar refractivity (Wildman–Crippen MR) is 112 cm³/mol. The number of para-hydroxylation sites is 1. The highest BCUT2D eigenvalue weighted by Crippen LogP contribution is 2.38. The minimum absolute atomic E-state index is 0.0268. The van der Waals surface area contributed by atoms with Crippen molar-refractivity contribution < 1.29 is 39.3 Å². The molecular formula is C23H16N2O8. The van der Waals surface area contributed by atoms with Gasteiger partial charge in [0, 0.05) is 22.1 Å². The van der Waals surface area contributed by atoms with Crippen LogP contribution in [0.4, 0.5) is 0 Å². The van der Waals surface area contributed by atoms with Gasteiger partial charge in [0.2, 0.25) is 0 Å². The highest BCUT2D eigenvalue weighted by molar-refractivity contribution is 6.30. The van der Waals surface area contributed by atoms with E-state index in [2.05, 4.69) is 4.98 Å². The molecule has 1 aromatic heterocycles. The maximum atomic E-state index is 13.1. The molecule has 0 bridgehead atoms. The van der Waals surface area contributed by atoms with E-state index in [9.17, 15) is 29.1 Å². The number of carboxylic acid groups (broad SMARTS) is 2. The molecule has 0 saturated carbocycles. The van der Waals surface area contributed by atoms with Crippen molar-refractivity contribution in [2.75, 3.05) is 13.1 Å². The molecule has 1 unspecified atom stereocenters. The van der Waals surface area contributed by atoms with E-state index in [4.69, 9.17) is 10.2 Å². The molecule has 3 aromatic rings. The van der Waals surface area contributed by atoms with E-state index in [0.29, 0.717) is 15.8 Å². The van der Waals surface area contributed by atoms with Gasteiger partial charge in [-0.25, -0.2) is 4.98 Å². The van der Waals surface area contributed by atoms with Gasteiger partial charge in [0.25, 0.3) is 5.91 Å². The Morgan fingerprint density at radius 2 is 1.52 bits per heavy atom. The predicted octanol–water partition coefficient (Wildman–Crippen LogP) is 1.71. The van der Waals surface area contributed by atoms with Gasteiger partial charge in [-0.1, -0.05) is 18.2 Å². The number of Topliss-reactive ketones (excluding diaryl/α,β-unsaturated/α-hetero) is 2. The number of aromatic nitrogens is 1. The van der Waals surface area contributed by atoms with Gasteiger partial charge in [-0.3, -0.25) is 24.0 Å². The zero-order valence-corrected chi connectivity index (χ0v) is 16.9. The molecule has 0 saturated heterocycles. The van der Waals surface area contributed by atoms with E-state index in [1.807, 2.05) is 0 Å². The van der Waals surface area contributed by atoms with Crippen molar-refractivity contribution in [2.24, 2.45) is 0 Å². The maximum absolute atomic E-state index is 13.1. The van der Waals surface area contributed by atoms with Crippen molar-refractivity contribution in [3.63, 3.8) is 0 Å². The van der Waals surface area contributed by atoms with Crippen molar-refractivity contribution in [2.45, 2.75) is 5.92 Å². The summed E-state index contributed by atoms with van der Waals surface area (Å²) in [5.41, 5.74) is 0.172. The average Bonchev–Trinajstić information content (AvgIpc) is 3.01. The molecular weight excluding hydrogens is 432 g/mol. The molecule has 1 atom stereocenters.